The highest BCUT2D eigenvalue weighted by molar-refractivity contribution is 6.30. The van der Waals surface area contributed by atoms with E-state index in [0.29, 0.717) is 51.8 Å². The summed E-state index contributed by atoms with van der Waals surface area (Å²) >= 11 is 5.96. The predicted octanol–water partition coefficient (Wildman–Crippen LogP) is 4.85. The molecule has 4 aromatic rings. The Morgan fingerprint density at radius 1 is 1.03 bits per heavy atom. The number of hydrogen-bond acceptors (Lipinski definition) is 8. The van der Waals surface area contributed by atoms with Crippen LogP contribution < -0.4 is 24.8 Å². The second-order valence-electron chi connectivity index (χ2n) is 8.52. The lowest BCUT2D eigenvalue weighted by Gasteiger charge is -2.28. The highest BCUT2D eigenvalue weighted by Gasteiger charge is 2.34. The van der Waals surface area contributed by atoms with Crippen LogP contribution in [0.25, 0.3) is 0 Å². The number of fused-ring (bicyclic) bond motifs is 1. The van der Waals surface area contributed by atoms with Crippen LogP contribution in [0.1, 0.15) is 24.1 Å². The summed E-state index contributed by atoms with van der Waals surface area (Å²) in [5.74, 6) is 1.87. The molecule has 0 saturated carbocycles. The van der Waals surface area contributed by atoms with Gasteiger partial charge in [0.15, 0.2) is 0 Å². The molecule has 1 aromatic heterocycles. The summed E-state index contributed by atoms with van der Waals surface area (Å²) < 4.78 is 18.3. The summed E-state index contributed by atoms with van der Waals surface area (Å²) in [5.41, 5.74) is 3.36. The number of methoxy groups -OCH3 is 2. The van der Waals surface area contributed by atoms with Crippen LogP contribution in [0.3, 0.4) is 0 Å². The van der Waals surface area contributed by atoms with E-state index in [1.807, 2.05) is 55.5 Å². The van der Waals surface area contributed by atoms with Gasteiger partial charge in [0.25, 0.3) is 5.91 Å². The fourth-order valence-electron chi connectivity index (χ4n) is 4.21. The zero-order chi connectivity index (χ0) is 26.6. The van der Waals surface area contributed by atoms with Gasteiger partial charge in [-0.05, 0) is 64.9 Å². The van der Waals surface area contributed by atoms with Gasteiger partial charge < -0.3 is 24.8 Å². The average Bonchev–Trinajstić information content (AvgIpc) is 3.40. The van der Waals surface area contributed by atoms with Gasteiger partial charge in [-0.1, -0.05) is 41.0 Å². The van der Waals surface area contributed by atoms with Crippen molar-refractivity contribution in [3.05, 3.63) is 94.1 Å². The van der Waals surface area contributed by atoms with Crippen LogP contribution in [-0.2, 0) is 11.4 Å². The van der Waals surface area contributed by atoms with Gasteiger partial charge in [-0.25, -0.2) is 0 Å². The van der Waals surface area contributed by atoms with E-state index in [9.17, 15) is 4.79 Å². The van der Waals surface area contributed by atoms with Gasteiger partial charge in [0.1, 0.15) is 29.9 Å². The van der Waals surface area contributed by atoms with Crippen molar-refractivity contribution < 1.29 is 19.0 Å². The quantitative estimate of drug-likeness (QED) is 0.331. The minimum Gasteiger partial charge on any atom is -0.497 e. The number of hydrogen-bond donors (Lipinski definition) is 2. The highest BCUT2D eigenvalue weighted by Crippen LogP contribution is 2.37. The number of carbonyl (C=O) groups is 1. The molecule has 3 aromatic carbocycles. The lowest BCUT2D eigenvalue weighted by molar-refractivity contribution is -0.113. The number of allylic oxidation sites excluding steroid dienone is 1. The third-order valence-corrected chi connectivity index (χ3v) is 6.38. The molecular weight excluding hydrogens is 508 g/mol. The molecule has 0 aliphatic carbocycles. The van der Waals surface area contributed by atoms with E-state index < -0.39 is 6.04 Å². The first-order valence-electron chi connectivity index (χ1n) is 11.7. The summed E-state index contributed by atoms with van der Waals surface area (Å²) in [6.07, 6.45) is 0. The largest absolute Gasteiger partial charge is 0.497 e. The Balaban J connectivity index is 1.42. The standard InChI is InChI=1S/C27H25ClN6O4/c1-16-24(26(35)30-22-14-21(36-2)12-13-23(22)37-3)25(34-27(29-16)31-32-33-34)18-6-10-20(11-7-18)38-15-17-4-8-19(28)9-5-17/h4-14,25H,15H2,1-3H3,(H,30,35)(H,29,31,33)/t25-/m1/s1. The summed E-state index contributed by atoms with van der Waals surface area (Å²) in [6.45, 7) is 2.21. The SMILES string of the molecule is COc1ccc(OC)c(NC(=O)C2=C(C)Nc3nnnn3[C@@H]2c2ccc(OCc3ccc(Cl)cc3)cc2)c1. The Kier molecular flexibility index (Phi) is 7.14. The number of amides is 1. The van der Waals surface area contributed by atoms with Crippen molar-refractivity contribution >= 4 is 29.1 Å². The number of halogens is 1. The van der Waals surface area contributed by atoms with E-state index in [4.69, 9.17) is 25.8 Å². The Labute approximate surface area is 224 Å². The molecule has 1 amide bonds. The van der Waals surface area contributed by atoms with E-state index in [-0.39, 0.29) is 5.91 Å². The van der Waals surface area contributed by atoms with Crippen molar-refractivity contribution in [3.63, 3.8) is 0 Å². The van der Waals surface area contributed by atoms with Crippen LogP contribution in [0.5, 0.6) is 17.2 Å². The summed E-state index contributed by atoms with van der Waals surface area (Å²) in [5, 5.41) is 18.7. The number of carbonyl (C=O) groups excluding carboxylic acids is 1. The van der Waals surface area contributed by atoms with Crippen LogP contribution in [0.4, 0.5) is 11.6 Å². The monoisotopic (exact) mass is 532 g/mol. The van der Waals surface area contributed by atoms with Crippen molar-refractivity contribution in [1.29, 1.82) is 0 Å². The number of benzene rings is 3. The van der Waals surface area contributed by atoms with Crippen LogP contribution in [0, 0.1) is 0 Å². The molecule has 1 aliphatic rings. The molecule has 0 radical (unpaired) electrons. The second-order valence-corrected chi connectivity index (χ2v) is 8.95. The van der Waals surface area contributed by atoms with E-state index >= 15 is 0 Å². The molecule has 0 unspecified atom stereocenters. The van der Waals surface area contributed by atoms with Crippen LogP contribution in [0.15, 0.2) is 78.0 Å². The minimum absolute atomic E-state index is 0.337. The van der Waals surface area contributed by atoms with Gasteiger partial charge in [-0.3, -0.25) is 4.79 Å². The van der Waals surface area contributed by atoms with Crippen LogP contribution >= 0.6 is 11.6 Å². The third-order valence-electron chi connectivity index (χ3n) is 6.13. The lowest BCUT2D eigenvalue weighted by Crippen LogP contribution is -2.31. The number of ether oxygens (including phenoxy) is 3. The number of nitrogens with zero attached hydrogens (tertiary/aromatic N) is 4. The minimum atomic E-state index is -0.580. The van der Waals surface area contributed by atoms with Gasteiger partial charge in [-0.15, -0.1) is 0 Å². The topological polar surface area (TPSA) is 112 Å². The van der Waals surface area contributed by atoms with Crippen LogP contribution in [0.2, 0.25) is 5.02 Å². The Bertz CT molecular complexity index is 1480. The fraction of sp³-hybridized carbons (Fsp3) is 0.185. The highest BCUT2D eigenvalue weighted by atomic mass is 35.5. The first kappa shape index (κ1) is 25.1. The maximum absolute atomic E-state index is 13.7. The van der Waals surface area contributed by atoms with Crippen molar-refractivity contribution in [3.8, 4) is 17.2 Å². The summed E-state index contributed by atoms with van der Waals surface area (Å²) in [6, 6.07) is 19.6. The normalized spacial score (nSPS) is 14.4. The molecule has 11 heteroatoms. The lowest BCUT2D eigenvalue weighted by atomic mass is 9.95. The van der Waals surface area contributed by atoms with Gasteiger partial charge in [0.2, 0.25) is 5.95 Å². The van der Waals surface area contributed by atoms with Crippen molar-refractivity contribution in [2.45, 2.75) is 19.6 Å². The Hall–Kier alpha value is -4.57. The molecule has 194 valence electrons. The smallest absolute Gasteiger partial charge is 0.255 e. The van der Waals surface area contributed by atoms with Crippen molar-refractivity contribution in [2.24, 2.45) is 0 Å². The van der Waals surface area contributed by atoms with Gasteiger partial charge >= 0.3 is 0 Å². The molecular formula is C27H25ClN6O4. The predicted molar refractivity (Wildman–Crippen MR) is 143 cm³/mol. The number of nitrogens with one attached hydrogen (secondary N) is 2. The molecule has 0 spiro atoms. The molecule has 38 heavy (non-hydrogen) atoms. The van der Waals surface area contributed by atoms with Gasteiger partial charge in [-0.2, -0.15) is 4.68 Å². The van der Waals surface area contributed by atoms with Gasteiger partial charge in [0, 0.05) is 16.8 Å². The first-order valence-corrected chi connectivity index (χ1v) is 12.1. The fourth-order valence-corrected chi connectivity index (χ4v) is 4.34. The molecule has 1 atom stereocenters. The van der Waals surface area contributed by atoms with Gasteiger partial charge in [0.05, 0.1) is 25.5 Å². The van der Waals surface area contributed by atoms with E-state index in [1.54, 1.807) is 30.0 Å². The molecule has 0 bridgehead atoms. The molecule has 5 rings (SSSR count). The number of aromatic nitrogens is 4. The molecule has 2 heterocycles. The Morgan fingerprint density at radius 2 is 1.76 bits per heavy atom. The molecule has 2 N–H and O–H groups in total. The van der Waals surface area contributed by atoms with E-state index in [2.05, 4.69) is 26.2 Å². The second kappa shape index (κ2) is 10.8. The van der Waals surface area contributed by atoms with Crippen molar-refractivity contribution in [2.75, 3.05) is 24.9 Å². The van der Waals surface area contributed by atoms with Crippen LogP contribution in [-0.4, -0.2) is 40.3 Å². The molecule has 1 aliphatic heterocycles. The molecule has 0 fully saturated rings. The maximum Gasteiger partial charge on any atom is 0.255 e. The maximum atomic E-state index is 13.7. The van der Waals surface area contributed by atoms with E-state index in [0.717, 1.165) is 11.1 Å². The molecule has 10 nitrogen and oxygen atoms in total. The summed E-state index contributed by atoms with van der Waals surface area (Å²) in [4.78, 5) is 13.7. The zero-order valence-corrected chi connectivity index (χ0v) is 21.7. The van der Waals surface area contributed by atoms with Crippen molar-refractivity contribution in [1.82, 2.24) is 20.2 Å². The first-order chi connectivity index (χ1) is 18.5. The Morgan fingerprint density at radius 3 is 2.47 bits per heavy atom. The summed E-state index contributed by atoms with van der Waals surface area (Å²) in [7, 11) is 3.10. The number of anilines is 2. The number of rotatable bonds is 8. The average molecular weight is 533 g/mol. The number of tetrazole rings is 1. The zero-order valence-electron chi connectivity index (χ0n) is 20.9. The third kappa shape index (κ3) is 5.12. The molecule has 0 saturated heterocycles. The van der Waals surface area contributed by atoms with E-state index in [1.165, 1.54) is 7.11 Å².